The Morgan fingerprint density at radius 1 is 1.25 bits per heavy atom. The van der Waals surface area contributed by atoms with E-state index in [2.05, 4.69) is 10.3 Å². The Kier molecular flexibility index (Phi) is 7.77. The molecule has 3 rings (SSSR count). The maximum absolute atomic E-state index is 13.6. The first-order valence-electron chi connectivity index (χ1n) is 9.72. The molecule has 5 atom stereocenters. The molecule has 1 aliphatic rings. The number of aromatic nitrogens is 3. The van der Waals surface area contributed by atoms with E-state index in [0.29, 0.717) is 6.54 Å². The third-order valence-corrected chi connectivity index (χ3v) is 6.35. The van der Waals surface area contributed by atoms with Crippen molar-refractivity contribution < 1.29 is 38.0 Å². The highest BCUT2D eigenvalue weighted by molar-refractivity contribution is 8.00. The van der Waals surface area contributed by atoms with Gasteiger partial charge in [-0.1, -0.05) is 5.21 Å². The second-order valence-corrected chi connectivity index (χ2v) is 8.34. The Hall–Kier alpha value is -2.19. The average Bonchev–Trinajstić information content (AvgIpc) is 3.25. The van der Waals surface area contributed by atoms with Gasteiger partial charge in [0, 0.05) is 19.2 Å². The molecule has 1 amide bonds. The van der Waals surface area contributed by atoms with Gasteiger partial charge in [0.1, 0.15) is 35.5 Å². The van der Waals surface area contributed by atoms with Crippen LogP contribution in [0.25, 0.3) is 11.3 Å². The predicted molar refractivity (Wildman–Crippen MR) is 108 cm³/mol. The summed E-state index contributed by atoms with van der Waals surface area (Å²) in [4.78, 5) is 13.6. The molecular formula is C19H23F3N4O5S. The highest BCUT2D eigenvalue weighted by Gasteiger charge is 2.46. The Morgan fingerprint density at radius 2 is 1.91 bits per heavy atom. The number of thioether (sulfide) groups is 1. The summed E-state index contributed by atoms with van der Waals surface area (Å²) in [6, 6.07) is 0.345. The molecule has 1 aromatic heterocycles. The third kappa shape index (κ3) is 4.91. The first kappa shape index (κ1) is 24.5. The molecule has 176 valence electrons. The molecular weight excluding hydrogens is 453 g/mol. The van der Waals surface area contributed by atoms with Crippen molar-refractivity contribution in [2.24, 2.45) is 0 Å². The number of carbonyl (C=O) groups is 1. The lowest BCUT2D eigenvalue weighted by molar-refractivity contribution is -0.178. The summed E-state index contributed by atoms with van der Waals surface area (Å²) in [5, 5.41) is 38.6. The Bertz CT molecular complexity index is 942. The van der Waals surface area contributed by atoms with Crippen molar-refractivity contribution in [1.29, 1.82) is 0 Å². The molecule has 0 saturated carbocycles. The summed E-state index contributed by atoms with van der Waals surface area (Å²) < 4.78 is 47.0. The number of carbonyl (C=O) groups excluding carboxylic acids is 1. The smallest absolute Gasteiger partial charge is 0.232 e. The minimum Gasteiger partial charge on any atom is -0.394 e. The number of nitrogens with zero attached hydrogens (tertiary/aromatic N) is 4. The topological polar surface area (TPSA) is 121 Å². The van der Waals surface area contributed by atoms with Crippen LogP contribution in [0.3, 0.4) is 0 Å². The van der Waals surface area contributed by atoms with Crippen molar-refractivity contribution in [2.75, 3.05) is 26.0 Å². The van der Waals surface area contributed by atoms with Gasteiger partial charge in [-0.05, 0) is 19.1 Å². The van der Waals surface area contributed by atoms with Crippen molar-refractivity contribution in [2.45, 2.75) is 36.7 Å². The van der Waals surface area contributed by atoms with Crippen LogP contribution in [0.5, 0.6) is 0 Å². The molecule has 0 unspecified atom stereocenters. The molecule has 13 heteroatoms. The highest BCUT2D eigenvalue weighted by Crippen LogP contribution is 2.35. The molecule has 0 spiro atoms. The van der Waals surface area contributed by atoms with Crippen molar-refractivity contribution in [3.63, 3.8) is 0 Å². The molecule has 1 aliphatic heterocycles. The molecule has 9 nitrogen and oxygen atoms in total. The Balaban J connectivity index is 1.84. The van der Waals surface area contributed by atoms with Gasteiger partial charge in [-0.2, -0.15) is 0 Å². The fourth-order valence-electron chi connectivity index (χ4n) is 3.22. The maximum atomic E-state index is 13.6. The van der Waals surface area contributed by atoms with Crippen LogP contribution >= 0.6 is 11.8 Å². The first-order valence-corrected chi connectivity index (χ1v) is 10.8. The van der Waals surface area contributed by atoms with Crippen LogP contribution in [0.2, 0.25) is 0 Å². The zero-order valence-corrected chi connectivity index (χ0v) is 18.0. The summed E-state index contributed by atoms with van der Waals surface area (Å²) >= 11 is 0.998. The molecule has 1 aromatic carbocycles. The fourth-order valence-corrected chi connectivity index (χ4v) is 4.32. The van der Waals surface area contributed by atoms with Crippen LogP contribution in [0.15, 0.2) is 18.3 Å². The number of halogens is 3. The number of benzene rings is 1. The zero-order chi connectivity index (χ0) is 23.6. The number of amides is 1. The fraction of sp³-hybridized carbons (Fsp3) is 0.526. The average molecular weight is 476 g/mol. The third-order valence-electron chi connectivity index (χ3n) is 5.21. The normalized spacial score (nSPS) is 25.7. The second-order valence-electron chi connectivity index (χ2n) is 7.25. The Morgan fingerprint density at radius 3 is 2.50 bits per heavy atom. The van der Waals surface area contributed by atoms with Gasteiger partial charge in [0.15, 0.2) is 17.5 Å². The van der Waals surface area contributed by atoms with E-state index in [0.717, 1.165) is 28.6 Å². The summed E-state index contributed by atoms with van der Waals surface area (Å²) in [6.45, 7) is 1.74. The summed E-state index contributed by atoms with van der Waals surface area (Å²) in [5.74, 6) is -4.63. The number of hydrogen-bond acceptors (Lipinski definition) is 8. The number of rotatable bonds is 7. The summed E-state index contributed by atoms with van der Waals surface area (Å²) in [7, 11) is 1.63. The van der Waals surface area contributed by atoms with Gasteiger partial charge >= 0.3 is 0 Å². The quantitative estimate of drug-likeness (QED) is 0.496. The molecule has 32 heavy (non-hydrogen) atoms. The predicted octanol–water partition coefficient (Wildman–Crippen LogP) is 0.554. The van der Waals surface area contributed by atoms with Crippen molar-refractivity contribution >= 4 is 17.7 Å². The van der Waals surface area contributed by atoms with Gasteiger partial charge in [0.25, 0.3) is 0 Å². The highest BCUT2D eigenvalue weighted by atomic mass is 32.2. The lowest BCUT2D eigenvalue weighted by Gasteiger charge is -2.41. The van der Waals surface area contributed by atoms with E-state index in [1.165, 1.54) is 11.1 Å². The summed E-state index contributed by atoms with van der Waals surface area (Å²) in [6.07, 6.45) is -2.64. The van der Waals surface area contributed by atoms with Crippen molar-refractivity contribution in [3.8, 4) is 11.3 Å². The second kappa shape index (κ2) is 10.2. The van der Waals surface area contributed by atoms with Crippen LogP contribution in [-0.4, -0.2) is 90.8 Å². The van der Waals surface area contributed by atoms with E-state index in [9.17, 15) is 33.3 Å². The van der Waals surface area contributed by atoms with Crippen LogP contribution in [-0.2, 0) is 9.53 Å². The molecule has 1 saturated heterocycles. The maximum Gasteiger partial charge on any atom is 0.232 e. The summed E-state index contributed by atoms with van der Waals surface area (Å²) in [5.41, 5.74) is -1.11. The van der Waals surface area contributed by atoms with E-state index in [1.54, 1.807) is 7.05 Å². The van der Waals surface area contributed by atoms with E-state index in [1.807, 2.05) is 6.92 Å². The molecule has 1 fully saturated rings. The lowest BCUT2D eigenvalue weighted by atomic mass is 9.97. The van der Waals surface area contributed by atoms with Gasteiger partial charge in [0.05, 0.1) is 18.6 Å². The van der Waals surface area contributed by atoms with Crippen molar-refractivity contribution in [3.05, 3.63) is 35.8 Å². The minimum atomic E-state index is -1.62. The first-order chi connectivity index (χ1) is 15.2. The number of aliphatic hydroxyl groups excluding tert-OH is 3. The molecule has 3 N–H and O–H groups in total. The lowest BCUT2D eigenvalue weighted by Crippen LogP contribution is -2.55. The van der Waals surface area contributed by atoms with E-state index in [4.69, 9.17) is 4.74 Å². The number of aliphatic hydroxyl groups is 3. The van der Waals surface area contributed by atoms with Crippen LogP contribution in [0, 0.1) is 17.5 Å². The SMILES string of the molecule is CCN(C)C(=O)CS[C@@H]1O[C@H](CO)[C@H](O)[C@H](n2cc(-c3cc(F)c(F)c(F)c3)nn2)[C@H]1O. The van der Waals surface area contributed by atoms with Gasteiger partial charge in [0.2, 0.25) is 5.91 Å². The van der Waals surface area contributed by atoms with Crippen molar-refractivity contribution in [1.82, 2.24) is 19.9 Å². The van der Waals surface area contributed by atoms with Gasteiger partial charge in [-0.3, -0.25) is 4.79 Å². The van der Waals surface area contributed by atoms with Crippen LogP contribution < -0.4 is 0 Å². The van der Waals surface area contributed by atoms with Gasteiger partial charge in [-0.25, -0.2) is 17.9 Å². The Labute approximate surface area is 185 Å². The minimum absolute atomic E-state index is 0.0101. The molecule has 0 bridgehead atoms. The van der Waals surface area contributed by atoms with E-state index < -0.39 is 53.8 Å². The number of hydrogen-bond donors (Lipinski definition) is 3. The van der Waals surface area contributed by atoms with E-state index >= 15 is 0 Å². The molecule has 0 radical (unpaired) electrons. The monoisotopic (exact) mass is 476 g/mol. The van der Waals surface area contributed by atoms with Gasteiger partial charge in [-0.15, -0.1) is 16.9 Å². The standard InChI is InChI=1S/C19H23F3N4O5S/c1-3-25(2)14(28)8-32-19-18(30)16(17(29)13(7-27)31-19)26-6-12(23-24-26)9-4-10(20)15(22)11(21)5-9/h4-6,13,16-19,27,29-30H,3,7-8H2,1-2H3/t13-,16+,17+,18-,19+/m1/s1. The molecule has 2 aromatic rings. The number of ether oxygens (including phenoxy) is 1. The van der Waals surface area contributed by atoms with Gasteiger partial charge < -0.3 is 25.0 Å². The van der Waals surface area contributed by atoms with Crippen LogP contribution in [0.1, 0.15) is 13.0 Å². The molecule has 2 heterocycles. The zero-order valence-electron chi connectivity index (χ0n) is 17.2. The van der Waals surface area contributed by atoms with Crippen LogP contribution in [0.4, 0.5) is 13.2 Å². The molecule has 0 aliphatic carbocycles. The van der Waals surface area contributed by atoms with E-state index in [-0.39, 0.29) is 22.9 Å². The largest absolute Gasteiger partial charge is 0.394 e.